The van der Waals surface area contributed by atoms with E-state index < -0.39 is 63.9 Å². The van der Waals surface area contributed by atoms with Crippen molar-refractivity contribution in [1.82, 2.24) is 25.2 Å². The quantitative estimate of drug-likeness (QED) is 0.224. The minimum absolute atomic E-state index is 0.0420. The zero-order valence-electron chi connectivity index (χ0n) is 26.5. The first kappa shape index (κ1) is 36.7. The predicted octanol–water partition coefficient (Wildman–Crippen LogP) is 3.59. The highest BCUT2D eigenvalue weighted by molar-refractivity contribution is 7.88. The molecule has 3 heterocycles. The lowest BCUT2D eigenvalue weighted by molar-refractivity contribution is -0.155. The van der Waals surface area contributed by atoms with Gasteiger partial charge in [-0.15, -0.1) is 0 Å². The Morgan fingerprint density at radius 3 is 2.47 bits per heavy atom. The largest absolute Gasteiger partial charge is 0.434 e. The lowest BCUT2D eigenvalue weighted by atomic mass is 9.91. The number of carbonyl (C=O) groups is 3. The number of carbonyl (C=O) groups excluding carboxylic acids is 3. The number of amides is 2. The predicted molar refractivity (Wildman–Crippen MR) is 173 cm³/mol. The molecule has 0 saturated carbocycles. The Balaban J connectivity index is 1.38. The molecule has 2 amide bonds. The maximum absolute atomic E-state index is 14.3. The summed E-state index contributed by atoms with van der Waals surface area (Å²) in [6.45, 7) is 1.40. The van der Waals surface area contributed by atoms with Crippen molar-refractivity contribution in [3.63, 3.8) is 0 Å². The molecule has 2 aromatic carbocycles. The van der Waals surface area contributed by atoms with Crippen molar-refractivity contribution in [3.8, 4) is 0 Å². The summed E-state index contributed by atoms with van der Waals surface area (Å²) in [6, 6.07) is 6.88. The Kier molecular flexibility index (Phi) is 11.6. The van der Waals surface area contributed by atoms with Crippen molar-refractivity contribution in [2.75, 3.05) is 25.9 Å². The molecule has 266 valence electrons. The van der Waals surface area contributed by atoms with Gasteiger partial charge < -0.3 is 24.7 Å². The summed E-state index contributed by atoms with van der Waals surface area (Å²) in [5, 5.41) is 5.52. The van der Waals surface area contributed by atoms with Gasteiger partial charge >= 0.3 is 6.18 Å². The second-order valence-corrected chi connectivity index (χ2v) is 14.6. The van der Waals surface area contributed by atoms with Gasteiger partial charge in [0.2, 0.25) is 27.6 Å². The van der Waals surface area contributed by atoms with Crippen LogP contribution in [-0.2, 0) is 31.0 Å². The van der Waals surface area contributed by atoms with Crippen molar-refractivity contribution in [2.45, 2.75) is 69.1 Å². The van der Waals surface area contributed by atoms with E-state index in [1.165, 1.54) is 12.1 Å². The fraction of sp³-hybridized carbons (Fsp3) is 0.500. The van der Waals surface area contributed by atoms with E-state index in [1.54, 1.807) is 41.7 Å². The number of alkyl halides is 3. The van der Waals surface area contributed by atoms with Crippen LogP contribution < -0.4 is 15.4 Å². The van der Waals surface area contributed by atoms with Crippen LogP contribution in [0.2, 0.25) is 5.02 Å². The van der Waals surface area contributed by atoms with Crippen molar-refractivity contribution in [2.24, 2.45) is 5.92 Å². The first-order valence-electron chi connectivity index (χ1n) is 15.8. The monoisotopic (exact) mass is 727 g/mol. The summed E-state index contributed by atoms with van der Waals surface area (Å²) in [5.41, 5.74) is 0.954. The van der Waals surface area contributed by atoms with Gasteiger partial charge in [-0.3, -0.25) is 14.4 Å². The molecule has 2 saturated heterocycles. The van der Waals surface area contributed by atoms with Crippen molar-refractivity contribution < 1.29 is 45.1 Å². The third kappa shape index (κ3) is 9.78. The summed E-state index contributed by atoms with van der Waals surface area (Å²) in [6.07, 6.45) is -3.08. The number of para-hydroxylation sites is 2. The van der Waals surface area contributed by atoms with E-state index in [4.69, 9.17) is 20.8 Å². The average Bonchev–Trinajstić information content (AvgIpc) is 3.69. The summed E-state index contributed by atoms with van der Waals surface area (Å²) in [4.78, 5) is 45.7. The maximum atomic E-state index is 14.3. The minimum Gasteiger partial charge on any atom is -0.434 e. The van der Waals surface area contributed by atoms with Crippen molar-refractivity contribution in [1.29, 1.82) is 0 Å². The number of sulfonamides is 1. The smallest absolute Gasteiger partial charge is 0.416 e. The third-order valence-electron chi connectivity index (χ3n) is 8.60. The van der Waals surface area contributed by atoms with E-state index in [9.17, 15) is 36.0 Å². The minimum atomic E-state index is -5.25. The van der Waals surface area contributed by atoms with Crippen LogP contribution in [0.4, 0.5) is 13.2 Å². The number of piperidine rings is 1. The lowest BCUT2D eigenvalue weighted by Gasteiger charge is -2.30. The number of likely N-dealkylation sites (tertiary alicyclic amines) is 1. The number of ketones is 1. The second kappa shape index (κ2) is 15.5. The molecular formula is C32H37ClF3N5O7S. The van der Waals surface area contributed by atoms with E-state index in [0.29, 0.717) is 11.4 Å². The molecule has 49 heavy (non-hydrogen) atoms. The zero-order chi connectivity index (χ0) is 35.3. The van der Waals surface area contributed by atoms with Crippen LogP contribution in [0.5, 0.6) is 0 Å². The van der Waals surface area contributed by atoms with E-state index in [1.807, 2.05) is 0 Å². The van der Waals surface area contributed by atoms with Gasteiger partial charge in [-0.2, -0.15) is 13.2 Å². The number of Topliss-reactive ketones (excluding diaryl/α,β-unsaturated/α-hetero) is 1. The number of ether oxygens (including phenoxy) is 1. The number of aromatic nitrogens is 1. The van der Waals surface area contributed by atoms with E-state index in [-0.39, 0.29) is 43.0 Å². The van der Waals surface area contributed by atoms with Crippen LogP contribution >= 0.6 is 11.6 Å². The highest BCUT2D eigenvalue weighted by Crippen LogP contribution is 2.29. The van der Waals surface area contributed by atoms with E-state index in [2.05, 4.69) is 15.0 Å². The summed E-state index contributed by atoms with van der Waals surface area (Å²) < 4.78 is 81.2. The summed E-state index contributed by atoms with van der Waals surface area (Å²) in [5.74, 6) is -4.29. The fourth-order valence-electron chi connectivity index (χ4n) is 6.10. The van der Waals surface area contributed by atoms with Gasteiger partial charge in [0.05, 0.1) is 19.0 Å². The number of hydrogen-bond donors (Lipinski definition) is 3. The van der Waals surface area contributed by atoms with Gasteiger partial charge in [-0.1, -0.05) is 35.9 Å². The molecule has 5 rings (SSSR count). The van der Waals surface area contributed by atoms with E-state index in [0.717, 1.165) is 42.7 Å². The molecule has 0 aliphatic carbocycles. The van der Waals surface area contributed by atoms with Crippen molar-refractivity contribution >= 4 is 50.3 Å². The van der Waals surface area contributed by atoms with E-state index >= 15 is 0 Å². The van der Waals surface area contributed by atoms with Gasteiger partial charge in [-0.05, 0) is 74.5 Å². The molecule has 4 atom stereocenters. The fourth-order valence-corrected chi connectivity index (χ4v) is 6.97. The second-order valence-electron chi connectivity index (χ2n) is 12.3. The Morgan fingerprint density at radius 2 is 1.82 bits per heavy atom. The Hall–Kier alpha value is -3.57. The molecule has 0 radical (unpaired) electrons. The summed E-state index contributed by atoms with van der Waals surface area (Å²) in [7, 11) is -3.91. The molecule has 12 nitrogen and oxygen atoms in total. The molecular weight excluding hydrogens is 691 g/mol. The normalized spacial score (nSPS) is 20.3. The topological polar surface area (TPSA) is 160 Å². The number of fused-ring (bicyclic) bond motifs is 1. The SMILES string of the molecule is CS(=O)(=O)N[C@H](CCC1CCNCC1)C(=O)N1C[C@H](OCc2ccc(Cl)cc2)C[C@H]1C(=O)N[C@H](C(=O)c1nc2ccccc2o1)C(F)(F)F. The van der Waals surface area contributed by atoms with Crippen LogP contribution in [0.3, 0.4) is 0 Å². The molecule has 2 aliphatic heterocycles. The highest BCUT2D eigenvalue weighted by Gasteiger charge is 2.50. The number of halogens is 4. The van der Waals surface area contributed by atoms with Crippen LogP contribution in [0, 0.1) is 5.92 Å². The molecule has 3 N–H and O–H groups in total. The van der Waals surface area contributed by atoms with Crippen LogP contribution in [0.1, 0.15) is 48.4 Å². The molecule has 0 bridgehead atoms. The van der Waals surface area contributed by atoms with Gasteiger partial charge in [0, 0.05) is 18.0 Å². The lowest BCUT2D eigenvalue weighted by Crippen LogP contribution is -2.58. The molecule has 3 aromatic rings. The molecule has 2 fully saturated rings. The Labute approximate surface area is 286 Å². The van der Waals surface area contributed by atoms with Gasteiger partial charge in [0.25, 0.3) is 5.89 Å². The molecule has 0 unspecified atom stereocenters. The number of oxazole rings is 1. The van der Waals surface area contributed by atoms with Gasteiger partial charge in [0.1, 0.15) is 17.6 Å². The molecule has 0 spiro atoms. The summed E-state index contributed by atoms with van der Waals surface area (Å²) >= 11 is 5.96. The van der Waals surface area contributed by atoms with Crippen LogP contribution in [-0.4, -0.2) is 92.2 Å². The standard InChI is InChI=1S/C32H37ClF3N5O7S/c1-49(45,46)40-24(11-8-19-12-14-37-15-13-19)31(44)41-17-22(47-18-20-6-9-21(33)10-7-20)16-25(41)29(43)39-28(32(34,35)36)27(42)30-38-23-4-2-3-5-26(23)48-30/h2-7,9-10,19,22,24-25,28,37,40H,8,11-18H2,1H3,(H,39,43)/t22-,24-,25+,28-/m1/s1. The van der Waals surface area contributed by atoms with Crippen LogP contribution in [0.15, 0.2) is 52.9 Å². The average molecular weight is 728 g/mol. The van der Waals surface area contributed by atoms with Crippen molar-refractivity contribution in [3.05, 3.63) is 65.0 Å². The molecule has 17 heteroatoms. The number of nitrogens with one attached hydrogen (secondary N) is 3. The number of rotatable bonds is 13. The van der Waals surface area contributed by atoms with Crippen LogP contribution in [0.25, 0.3) is 11.1 Å². The first-order chi connectivity index (χ1) is 23.2. The molecule has 2 aliphatic rings. The maximum Gasteiger partial charge on any atom is 0.416 e. The Bertz CT molecular complexity index is 1720. The zero-order valence-corrected chi connectivity index (χ0v) is 28.1. The first-order valence-corrected chi connectivity index (χ1v) is 18.1. The number of hydrogen-bond acceptors (Lipinski definition) is 9. The third-order valence-corrected chi connectivity index (χ3v) is 9.57. The number of benzene rings is 2. The van der Waals surface area contributed by atoms with Gasteiger partial charge in [0.15, 0.2) is 11.6 Å². The molecule has 1 aromatic heterocycles. The Morgan fingerprint density at radius 1 is 1.12 bits per heavy atom. The highest BCUT2D eigenvalue weighted by atomic mass is 35.5. The number of nitrogens with zero attached hydrogens (tertiary/aromatic N) is 2. The van der Waals surface area contributed by atoms with Gasteiger partial charge in [-0.25, -0.2) is 18.1 Å².